The maximum absolute atomic E-state index is 13.7. The molecule has 0 aliphatic carbocycles. The minimum absolute atomic E-state index is 0.289. The molecule has 0 radical (unpaired) electrons. The van der Waals surface area contributed by atoms with Crippen molar-refractivity contribution in [1.82, 2.24) is 9.88 Å². The first-order valence-corrected chi connectivity index (χ1v) is 7.57. The minimum Gasteiger partial charge on any atom is -0.495 e. The maximum atomic E-state index is 13.7. The Morgan fingerprint density at radius 1 is 1.13 bits per heavy atom. The summed E-state index contributed by atoms with van der Waals surface area (Å²) < 4.78 is 32.0. The van der Waals surface area contributed by atoms with Crippen molar-refractivity contribution >= 4 is 5.69 Å². The van der Waals surface area contributed by atoms with Crippen molar-refractivity contribution in [3.05, 3.63) is 53.9 Å². The number of anilines is 1. The Kier molecular flexibility index (Phi) is 4.71. The zero-order chi connectivity index (χ0) is 16.2. The number of piperazine rings is 1. The van der Waals surface area contributed by atoms with Crippen LogP contribution in [-0.4, -0.2) is 43.2 Å². The van der Waals surface area contributed by atoms with Gasteiger partial charge in [0.1, 0.15) is 17.4 Å². The standard InChI is InChI=1S/C17H19F2N3O/c1-23-17-5-3-2-4-16(17)22-8-6-21(7-9-22)12-15-14(19)10-13(18)11-20-15/h2-5,10-11H,6-9,12H2,1H3. The van der Waals surface area contributed by atoms with Crippen molar-refractivity contribution in [2.45, 2.75) is 6.54 Å². The monoisotopic (exact) mass is 319 g/mol. The van der Waals surface area contributed by atoms with Crippen LogP contribution in [0.4, 0.5) is 14.5 Å². The molecular formula is C17H19F2N3O. The van der Waals surface area contributed by atoms with Gasteiger partial charge in [0.15, 0.2) is 0 Å². The Hall–Kier alpha value is -2.21. The maximum Gasteiger partial charge on any atom is 0.148 e. The second-order valence-electron chi connectivity index (χ2n) is 5.52. The molecule has 0 unspecified atom stereocenters. The zero-order valence-corrected chi connectivity index (χ0v) is 13.0. The molecule has 0 bridgehead atoms. The van der Waals surface area contributed by atoms with Gasteiger partial charge in [0.05, 0.1) is 24.7 Å². The summed E-state index contributed by atoms with van der Waals surface area (Å²) >= 11 is 0. The molecule has 122 valence electrons. The van der Waals surface area contributed by atoms with Crippen LogP contribution in [0.25, 0.3) is 0 Å². The van der Waals surface area contributed by atoms with Crippen molar-refractivity contribution < 1.29 is 13.5 Å². The number of para-hydroxylation sites is 2. The Morgan fingerprint density at radius 3 is 2.57 bits per heavy atom. The summed E-state index contributed by atoms with van der Waals surface area (Å²) in [7, 11) is 1.66. The van der Waals surface area contributed by atoms with Gasteiger partial charge in [-0.05, 0) is 12.1 Å². The average Bonchev–Trinajstić information content (AvgIpc) is 2.58. The number of hydrogen-bond donors (Lipinski definition) is 0. The number of pyridine rings is 1. The molecule has 1 aliphatic rings. The van der Waals surface area contributed by atoms with E-state index in [0.717, 1.165) is 49.9 Å². The van der Waals surface area contributed by atoms with Crippen LogP contribution in [-0.2, 0) is 6.54 Å². The van der Waals surface area contributed by atoms with E-state index in [1.807, 2.05) is 24.3 Å². The van der Waals surface area contributed by atoms with Crippen LogP contribution in [0.3, 0.4) is 0 Å². The molecule has 6 heteroatoms. The lowest BCUT2D eigenvalue weighted by molar-refractivity contribution is 0.242. The van der Waals surface area contributed by atoms with Crippen molar-refractivity contribution in [3.63, 3.8) is 0 Å². The van der Waals surface area contributed by atoms with E-state index < -0.39 is 11.6 Å². The SMILES string of the molecule is COc1ccccc1N1CCN(Cc2ncc(F)cc2F)CC1. The molecular weight excluding hydrogens is 300 g/mol. The second-order valence-corrected chi connectivity index (χ2v) is 5.52. The molecule has 1 saturated heterocycles. The molecule has 1 aliphatic heterocycles. The molecule has 0 amide bonds. The minimum atomic E-state index is -0.646. The Labute approximate surface area is 134 Å². The van der Waals surface area contributed by atoms with Crippen LogP contribution in [0.1, 0.15) is 5.69 Å². The molecule has 0 atom stereocenters. The molecule has 23 heavy (non-hydrogen) atoms. The first-order valence-electron chi connectivity index (χ1n) is 7.57. The molecule has 0 spiro atoms. The van der Waals surface area contributed by atoms with E-state index in [2.05, 4.69) is 14.8 Å². The average molecular weight is 319 g/mol. The topological polar surface area (TPSA) is 28.6 Å². The summed E-state index contributed by atoms with van der Waals surface area (Å²) in [4.78, 5) is 8.23. The molecule has 3 rings (SSSR count). The van der Waals surface area contributed by atoms with E-state index >= 15 is 0 Å². The van der Waals surface area contributed by atoms with E-state index in [1.165, 1.54) is 0 Å². The van der Waals surface area contributed by atoms with E-state index in [4.69, 9.17) is 4.74 Å². The third kappa shape index (κ3) is 3.59. The van der Waals surface area contributed by atoms with Gasteiger partial charge >= 0.3 is 0 Å². The van der Waals surface area contributed by atoms with Crippen LogP contribution in [0.15, 0.2) is 36.5 Å². The molecule has 1 fully saturated rings. The third-order valence-corrected chi connectivity index (χ3v) is 4.06. The van der Waals surface area contributed by atoms with Crippen LogP contribution < -0.4 is 9.64 Å². The van der Waals surface area contributed by atoms with Crippen molar-refractivity contribution in [2.24, 2.45) is 0 Å². The summed E-state index contributed by atoms with van der Waals surface area (Å²) in [5, 5.41) is 0. The van der Waals surface area contributed by atoms with Gasteiger partial charge < -0.3 is 9.64 Å². The van der Waals surface area contributed by atoms with Gasteiger partial charge in [0.25, 0.3) is 0 Å². The summed E-state index contributed by atoms with van der Waals surface area (Å²) in [6, 6.07) is 8.80. The zero-order valence-electron chi connectivity index (χ0n) is 13.0. The lowest BCUT2D eigenvalue weighted by Gasteiger charge is -2.36. The first kappa shape index (κ1) is 15.7. The number of methoxy groups -OCH3 is 1. The molecule has 0 N–H and O–H groups in total. The van der Waals surface area contributed by atoms with E-state index in [1.54, 1.807) is 7.11 Å². The van der Waals surface area contributed by atoms with Gasteiger partial charge in [-0.15, -0.1) is 0 Å². The van der Waals surface area contributed by atoms with Gasteiger partial charge in [0, 0.05) is 38.8 Å². The van der Waals surface area contributed by atoms with Crippen LogP contribution in [0, 0.1) is 11.6 Å². The van der Waals surface area contributed by atoms with Gasteiger partial charge in [-0.3, -0.25) is 9.88 Å². The van der Waals surface area contributed by atoms with E-state index in [9.17, 15) is 8.78 Å². The van der Waals surface area contributed by atoms with Gasteiger partial charge in [0.2, 0.25) is 0 Å². The van der Waals surface area contributed by atoms with Crippen molar-refractivity contribution in [1.29, 1.82) is 0 Å². The number of ether oxygens (including phenoxy) is 1. The van der Waals surface area contributed by atoms with Crippen LogP contribution in [0.5, 0.6) is 5.75 Å². The second kappa shape index (κ2) is 6.91. The number of aromatic nitrogens is 1. The Morgan fingerprint density at radius 2 is 1.87 bits per heavy atom. The van der Waals surface area contributed by atoms with Crippen molar-refractivity contribution in [2.75, 3.05) is 38.2 Å². The highest BCUT2D eigenvalue weighted by Gasteiger charge is 2.20. The smallest absolute Gasteiger partial charge is 0.148 e. The largest absolute Gasteiger partial charge is 0.495 e. The fourth-order valence-electron chi connectivity index (χ4n) is 2.81. The number of nitrogens with zero attached hydrogens (tertiary/aromatic N) is 3. The molecule has 2 heterocycles. The normalized spacial score (nSPS) is 15.7. The quantitative estimate of drug-likeness (QED) is 0.866. The summed E-state index contributed by atoms with van der Waals surface area (Å²) in [6.07, 6.45) is 1.06. The van der Waals surface area contributed by atoms with Crippen molar-refractivity contribution in [3.8, 4) is 5.75 Å². The number of halogens is 2. The van der Waals surface area contributed by atoms with Gasteiger partial charge in [-0.25, -0.2) is 8.78 Å². The molecule has 0 saturated carbocycles. The molecule has 1 aromatic carbocycles. The number of benzene rings is 1. The van der Waals surface area contributed by atoms with E-state index in [-0.39, 0.29) is 5.69 Å². The molecule has 1 aromatic heterocycles. The Bertz CT molecular complexity index is 673. The predicted molar refractivity (Wildman–Crippen MR) is 84.6 cm³/mol. The van der Waals surface area contributed by atoms with E-state index in [0.29, 0.717) is 6.54 Å². The first-order chi connectivity index (χ1) is 11.2. The molecule has 4 nitrogen and oxygen atoms in total. The summed E-state index contributed by atoms with van der Waals surface area (Å²) in [5.74, 6) is -0.378. The highest BCUT2D eigenvalue weighted by molar-refractivity contribution is 5.58. The Balaban J connectivity index is 1.62. The lowest BCUT2D eigenvalue weighted by atomic mass is 10.2. The fourth-order valence-corrected chi connectivity index (χ4v) is 2.81. The van der Waals surface area contributed by atoms with Crippen LogP contribution >= 0.6 is 0 Å². The third-order valence-electron chi connectivity index (χ3n) is 4.06. The van der Waals surface area contributed by atoms with Gasteiger partial charge in [-0.1, -0.05) is 12.1 Å². The number of rotatable bonds is 4. The molecule has 2 aromatic rings. The van der Waals surface area contributed by atoms with Gasteiger partial charge in [-0.2, -0.15) is 0 Å². The van der Waals surface area contributed by atoms with Crippen LogP contribution in [0.2, 0.25) is 0 Å². The fraction of sp³-hybridized carbons (Fsp3) is 0.353. The summed E-state index contributed by atoms with van der Waals surface area (Å²) in [6.45, 7) is 3.62. The lowest BCUT2D eigenvalue weighted by Crippen LogP contribution is -2.46. The highest BCUT2D eigenvalue weighted by atomic mass is 19.1. The predicted octanol–water partition coefficient (Wildman–Crippen LogP) is 2.69. The summed E-state index contributed by atoms with van der Waals surface area (Å²) in [5.41, 5.74) is 1.36. The highest BCUT2D eigenvalue weighted by Crippen LogP contribution is 2.28. The number of hydrogen-bond acceptors (Lipinski definition) is 4.